The molecule has 6 heteroatoms. The summed E-state index contributed by atoms with van der Waals surface area (Å²) in [6.45, 7) is 8.66. The summed E-state index contributed by atoms with van der Waals surface area (Å²) in [5.74, 6) is 0. The first-order valence-electron chi connectivity index (χ1n) is 7.80. The van der Waals surface area contributed by atoms with Crippen molar-refractivity contribution in [2.45, 2.75) is 52.6 Å². The number of hydrogen-bond donors (Lipinski definition) is 1. The average Bonchev–Trinajstić information content (AvgIpc) is 2.92. The van der Waals surface area contributed by atoms with Crippen LogP contribution in [-0.4, -0.2) is 43.9 Å². The normalized spacial score (nSPS) is 12.1. The molecule has 0 saturated heterocycles. The van der Waals surface area contributed by atoms with Crippen molar-refractivity contribution in [3.05, 3.63) is 10.5 Å². The Kier molecular flexibility index (Phi) is 5.22. The van der Waals surface area contributed by atoms with Gasteiger partial charge in [0.25, 0.3) is 0 Å². The predicted molar refractivity (Wildman–Crippen MR) is 90.3 cm³/mol. The van der Waals surface area contributed by atoms with E-state index in [4.69, 9.17) is 12.2 Å². The molecular weight excluding hydrogens is 282 g/mol. The highest BCUT2D eigenvalue weighted by atomic mass is 32.1. The first-order valence-corrected chi connectivity index (χ1v) is 8.21. The second-order valence-corrected chi connectivity index (χ2v) is 6.37. The van der Waals surface area contributed by atoms with Gasteiger partial charge in [-0.3, -0.25) is 4.68 Å². The third kappa shape index (κ3) is 3.37. The molecule has 2 heterocycles. The average molecular weight is 309 g/mol. The maximum Gasteiger partial charge on any atom is 0.179 e. The molecule has 0 aliphatic heterocycles. The van der Waals surface area contributed by atoms with Crippen LogP contribution in [0.25, 0.3) is 11.2 Å². The van der Waals surface area contributed by atoms with E-state index in [2.05, 4.69) is 47.4 Å². The van der Waals surface area contributed by atoms with Gasteiger partial charge in [0.2, 0.25) is 0 Å². The fourth-order valence-electron chi connectivity index (χ4n) is 2.62. The van der Waals surface area contributed by atoms with Crippen molar-refractivity contribution in [1.82, 2.24) is 24.2 Å². The molecular formula is C15H27N5S. The van der Waals surface area contributed by atoms with E-state index in [-0.39, 0.29) is 0 Å². The molecule has 2 aromatic heterocycles. The first-order chi connectivity index (χ1) is 9.95. The first kappa shape index (κ1) is 16.2. The van der Waals surface area contributed by atoms with E-state index in [1.54, 1.807) is 0 Å². The Morgan fingerprint density at radius 1 is 1.33 bits per heavy atom. The zero-order chi connectivity index (χ0) is 15.6. The highest BCUT2D eigenvalue weighted by molar-refractivity contribution is 7.71. The summed E-state index contributed by atoms with van der Waals surface area (Å²) in [6, 6.07) is 0.607. The van der Waals surface area contributed by atoms with E-state index >= 15 is 0 Å². The Labute approximate surface area is 131 Å². The summed E-state index contributed by atoms with van der Waals surface area (Å²) in [6.07, 6.45) is 3.23. The number of nitrogens with zero attached hydrogens (tertiary/aromatic N) is 4. The van der Waals surface area contributed by atoms with Gasteiger partial charge >= 0.3 is 0 Å². The molecule has 1 N–H and O–H groups in total. The maximum atomic E-state index is 5.47. The lowest BCUT2D eigenvalue weighted by Gasteiger charge is -2.20. The van der Waals surface area contributed by atoms with Crippen LogP contribution in [-0.2, 0) is 20.0 Å². The standard InChI is InChI=1S/C15H27N5S/c1-6-12-13-14(19(5)17-12)20(15(21)16-13)10-8-7-9-18(4)11(2)3/h11H,6-10H2,1-5H3,(H,16,21). The molecule has 0 atom stereocenters. The highest BCUT2D eigenvalue weighted by Gasteiger charge is 2.13. The van der Waals surface area contributed by atoms with Gasteiger partial charge in [-0.25, -0.2) is 0 Å². The summed E-state index contributed by atoms with van der Waals surface area (Å²) in [7, 11) is 4.17. The number of hydrogen-bond acceptors (Lipinski definition) is 3. The van der Waals surface area contributed by atoms with Crippen LogP contribution in [0.4, 0.5) is 0 Å². The molecule has 0 unspecified atom stereocenters. The van der Waals surface area contributed by atoms with Crippen molar-refractivity contribution < 1.29 is 0 Å². The number of aryl methyl sites for hydroxylation is 3. The number of unbranched alkanes of at least 4 members (excludes halogenated alkanes) is 1. The second-order valence-electron chi connectivity index (χ2n) is 5.99. The van der Waals surface area contributed by atoms with E-state index in [1.807, 2.05) is 11.7 Å². The third-order valence-electron chi connectivity index (χ3n) is 4.18. The summed E-state index contributed by atoms with van der Waals surface area (Å²) >= 11 is 5.47. The molecule has 21 heavy (non-hydrogen) atoms. The van der Waals surface area contributed by atoms with Crippen LogP contribution >= 0.6 is 12.2 Å². The summed E-state index contributed by atoms with van der Waals surface area (Å²) in [5.41, 5.74) is 3.32. The van der Waals surface area contributed by atoms with Gasteiger partial charge in [0.05, 0.1) is 5.69 Å². The fourth-order valence-corrected chi connectivity index (χ4v) is 2.90. The minimum atomic E-state index is 0.607. The lowest BCUT2D eigenvalue weighted by molar-refractivity contribution is 0.266. The summed E-state index contributed by atoms with van der Waals surface area (Å²) in [4.78, 5) is 5.70. The van der Waals surface area contributed by atoms with E-state index < -0.39 is 0 Å². The highest BCUT2D eigenvalue weighted by Crippen LogP contribution is 2.18. The lowest BCUT2D eigenvalue weighted by Crippen LogP contribution is -2.27. The molecule has 0 amide bonds. The number of aromatic amines is 1. The van der Waals surface area contributed by atoms with Gasteiger partial charge in [-0.05, 0) is 58.9 Å². The Balaban J connectivity index is 2.07. The van der Waals surface area contributed by atoms with Gasteiger partial charge in [0.15, 0.2) is 10.4 Å². The number of fused-ring (bicyclic) bond motifs is 1. The number of H-pyrrole nitrogens is 1. The molecule has 0 spiro atoms. The second kappa shape index (κ2) is 6.75. The Morgan fingerprint density at radius 3 is 2.67 bits per heavy atom. The van der Waals surface area contributed by atoms with Gasteiger partial charge in [-0.1, -0.05) is 6.92 Å². The van der Waals surface area contributed by atoms with Gasteiger partial charge in [0.1, 0.15) is 5.52 Å². The Morgan fingerprint density at radius 2 is 2.05 bits per heavy atom. The number of aromatic nitrogens is 4. The van der Waals surface area contributed by atoms with Gasteiger partial charge in [0, 0.05) is 19.6 Å². The van der Waals surface area contributed by atoms with Crippen molar-refractivity contribution in [2.24, 2.45) is 7.05 Å². The number of nitrogens with one attached hydrogen (secondary N) is 1. The van der Waals surface area contributed by atoms with Crippen molar-refractivity contribution in [3.8, 4) is 0 Å². The smallest absolute Gasteiger partial charge is 0.179 e. The molecule has 0 saturated carbocycles. The van der Waals surface area contributed by atoms with Crippen molar-refractivity contribution in [1.29, 1.82) is 0 Å². The fraction of sp³-hybridized carbons (Fsp3) is 0.733. The molecule has 0 aliphatic carbocycles. The third-order valence-corrected chi connectivity index (χ3v) is 4.50. The van der Waals surface area contributed by atoms with Crippen LogP contribution in [0.3, 0.4) is 0 Å². The molecule has 0 aliphatic rings. The van der Waals surface area contributed by atoms with E-state index in [0.717, 1.165) is 47.6 Å². The predicted octanol–water partition coefficient (Wildman–Crippen LogP) is 3.12. The lowest BCUT2D eigenvalue weighted by atomic mass is 10.2. The topological polar surface area (TPSA) is 41.8 Å². The van der Waals surface area contributed by atoms with Crippen LogP contribution in [0, 0.1) is 4.77 Å². The van der Waals surface area contributed by atoms with E-state index in [9.17, 15) is 0 Å². The van der Waals surface area contributed by atoms with E-state index in [1.165, 1.54) is 6.42 Å². The van der Waals surface area contributed by atoms with Crippen LogP contribution in [0.2, 0.25) is 0 Å². The Bertz CT molecular complexity index is 649. The van der Waals surface area contributed by atoms with Crippen molar-refractivity contribution in [2.75, 3.05) is 13.6 Å². The van der Waals surface area contributed by atoms with E-state index in [0.29, 0.717) is 6.04 Å². The molecule has 0 radical (unpaired) electrons. The molecule has 5 nitrogen and oxygen atoms in total. The van der Waals surface area contributed by atoms with Gasteiger partial charge in [-0.2, -0.15) is 5.10 Å². The minimum absolute atomic E-state index is 0.607. The number of rotatable bonds is 7. The molecule has 0 fully saturated rings. The largest absolute Gasteiger partial charge is 0.328 e. The summed E-state index contributed by atoms with van der Waals surface area (Å²) in [5, 5.41) is 4.56. The molecule has 118 valence electrons. The maximum absolute atomic E-state index is 5.47. The Hall–Kier alpha value is -1.14. The zero-order valence-corrected chi connectivity index (χ0v) is 14.6. The minimum Gasteiger partial charge on any atom is -0.328 e. The van der Waals surface area contributed by atoms with Crippen LogP contribution in [0.1, 0.15) is 39.3 Å². The van der Waals surface area contributed by atoms with Crippen molar-refractivity contribution in [3.63, 3.8) is 0 Å². The zero-order valence-electron chi connectivity index (χ0n) is 13.8. The van der Waals surface area contributed by atoms with Crippen LogP contribution in [0.5, 0.6) is 0 Å². The monoisotopic (exact) mass is 309 g/mol. The molecule has 2 rings (SSSR count). The van der Waals surface area contributed by atoms with Crippen LogP contribution in [0.15, 0.2) is 0 Å². The molecule has 0 bridgehead atoms. The van der Waals surface area contributed by atoms with Crippen LogP contribution < -0.4 is 0 Å². The quantitative estimate of drug-likeness (QED) is 0.631. The number of imidazole rings is 1. The van der Waals surface area contributed by atoms with Crippen molar-refractivity contribution >= 4 is 23.4 Å². The van der Waals surface area contributed by atoms with Gasteiger partial charge < -0.3 is 14.5 Å². The SMILES string of the molecule is CCc1nn(C)c2c1[nH]c(=S)n2CCCCN(C)C(C)C. The van der Waals surface area contributed by atoms with Gasteiger partial charge in [-0.15, -0.1) is 0 Å². The summed E-state index contributed by atoms with van der Waals surface area (Å²) < 4.78 is 4.94. The molecule has 0 aromatic carbocycles. The molecule has 2 aromatic rings.